The summed E-state index contributed by atoms with van der Waals surface area (Å²) in [6.45, 7) is 3.33. The lowest BCUT2D eigenvalue weighted by atomic mass is 10.2. The van der Waals surface area contributed by atoms with Gasteiger partial charge in [0.25, 0.3) is 0 Å². The van der Waals surface area contributed by atoms with Crippen LogP contribution in [0.5, 0.6) is 0 Å². The number of hydrogen-bond acceptors (Lipinski definition) is 3. The zero-order valence-corrected chi connectivity index (χ0v) is 9.83. The molecule has 0 saturated heterocycles. The average Bonchev–Trinajstić information content (AvgIpc) is 2.30. The summed E-state index contributed by atoms with van der Waals surface area (Å²) in [5, 5.41) is 10.7. The number of carbonyl (C=O) groups excluding carboxylic acids is 1. The fraction of sp³-hybridized carbons (Fsp3) is 0.0909. The molecule has 0 bridgehead atoms. The van der Waals surface area contributed by atoms with Gasteiger partial charge in [0.2, 0.25) is 0 Å². The second-order valence-corrected chi connectivity index (χ2v) is 3.54. The first-order valence-electron chi connectivity index (χ1n) is 4.72. The van der Waals surface area contributed by atoms with E-state index >= 15 is 0 Å². The SMILES string of the molecule is C=CCOC(=O)Nc1cc(F)c(C(=O)O)cc1Cl. The van der Waals surface area contributed by atoms with Gasteiger partial charge in [-0.1, -0.05) is 24.3 Å². The number of benzene rings is 1. The van der Waals surface area contributed by atoms with Crippen molar-refractivity contribution in [2.45, 2.75) is 0 Å². The predicted octanol–water partition coefficient (Wildman–Crippen LogP) is 2.91. The highest BCUT2D eigenvalue weighted by Gasteiger charge is 2.15. The van der Waals surface area contributed by atoms with Crippen LogP contribution in [0.25, 0.3) is 0 Å². The maximum absolute atomic E-state index is 13.3. The molecule has 96 valence electrons. The molecule has 7 heteroatoms. The molecule has 2 N–H and O–H groups in total. The number of carboxylic acids is 1. The zero-order chi connectivity index (χ0) is 13.7. The van der Waals surface area contributed by atoms with Crippen molar-refractivity contribution >= 4 is 29.4 Å². The number of nitrogens with one attached hydrogen (secondary N) is 1. The first kappa shape index (κ1) is 14.0. The highest BCUT2D eigenvalue weighted by atomic mass is 35.5. The number of rotatable bonds is 4. The highest BCUT2D eigenvalue weighted by molar-refractivity contribution is 6.34. The highest BCUT2D eigenvalue weighted by Crippen LogP contribution is 2.25. The van der Waals surface area contributed by atoms with Crippen LogP contribution in [0.4, 0.5) is 14.9 Å². The summed E-state index contributed by atoms with van der Waals surface area (Å²) in [6, 6.07) is 1.71. The molecule has 0 aromatic heterocycles. The molecule has 1 aromatic carbocycles. The van der Waals surface area contributed by atoms with Gasteiger partial charge in [-0.05, 0) is 12.1 Å². The Morgan fingerprint density at radius 3 is 2.78 bits per heavy atom. The van der Waals surface area contributed by atoms with Crippen molar-refractivity contribution in [3.63, 3.8) is 0 Å². The van der Waals surface area contributed by atoms with Gasteiger partial charge in [-0.15, -0.1) is 0 Å². The molecule has 0 fully saturated rings. The maximum Gasteiger partial charge on any atom is 0.411 e. The van der Waals surface area contributed by atoms with Gasteiger partial charge >= 0.3 is 12.1 Å². The lowest BCUT2D eigenvalue weighted by Gasteiger charge is -2.08. The number of carboxylic acid groups (broad SMARTS) is 1. The molecule has 0 heterocycles. The van der Waals surface area contributed by atoms with Crippen LogP contribution < -0.4 is 5.32 Å². The van der Waals surface area contributed by atoms with Gasteiger partial charge in [-0.3, -0.25) is 5.32 Å². The fourth-order valence-electron chi connectivity index (χ4n) is 1.09. The molecule has 18 heavy (non-hydrogen) atoms. The second kappa shape index (κ2) is 6.02. The predicted molar refractivity (Wildman–Crippen MR) is 63.5 cm³/mol. The van der Waals surface area contributed by atoms with E-state index in [1.807, 2.05) is 0 Å². The quantitative estimate of drug-likeness (QED) is 0.827. The second-order valence-electron chi connectivity index (χ2n) is 3.13. The molecular formula is C11H9ClFNO4. The van der Waals surface area contributed by atoms with Crippen molar-refractivity contribution in [2.24, 2.45) is 0 Å². The van der Waals surface area contributed by atoms with Crippen molar-refractivity contribution in [3.8, 4) is 0 Å². The molecule has 0 radical (unpaired) electrons. The van der Waals surface area contributed by atoms with Crippen LogP contribution in [0.2, 0.25) is 5.02 Å². The number of aromatic carboxylic acids is 1. The topological polar surface area (TPSA) is 75.6 Å². The number of hydrogen-bond donors (Lipinski definition) is 2. The standard InChI is InChI=1S/C11H9ClFNO4/c1-2-3-18-11(17)14-9-5-8(13)6(10(15)16)4-7(9)12/h2,4-5H,1,3H2,(H,14,17)(H,15,16). The Kier molecular flexibility index (Phi) is 4.67. The van der Waals surface area contributed by atoms with Crippen molar-refractivity contribution in [1.29, 1.82) is 0 Å². The molecule has 0 aliphatic heterocycles. The summed E-state index contributed by atoms with van der Waals surface area (Å²) in [7, 11) is 0. The third kappa shape index (κ3) is 3.46. The number of anilines is 1. The van der Waals surface area contributed by atoms with Crippen LogP contribution >= 0.6 is 11.6 Å². The molecule has 0 atom stereocenters. The third-order valence-electron chi connectivity index (χ3n) is 1.86. The average molecular weight is 274 g/mol. The molecule has 0 aliphatic rings. The van der Waals surface area contributed by atoms with Crippen molar-refractivity contribution in [3.05, 3.63) is 41.2 Å². The van der Waals surface area contributed by atoms with Crippen molar-refractivity contribution in [2.75, 3.05) is 11.9 Å². The molecule has 0 unspecified atom stereocenters. The summed E-state index contributed by atoms with van der Waals surface area (Å²) in [4.78, 5) is 21.8. The minimum Gasteiger partial charge on any atom is -0.478 e. The monoisotopic (exact) mass is 273 g/mol. The Labute approximate surface area is 107 Å². The van der Waals surface area contributed by atoms with Gasteiger partial charge in [-0.25, -0.2) is 14.0 Å². The van der Waals surface area contributed by atoms with Crippen LogP contribution in [0, 0.1) is 5.82 Å². The Bertz CT molecular complexity index is 504. The molecular weight excluding hydrogens is 265 g/mol. The van der Waals surface area contributed by atoms with Crippen molar-refractivity contribution < 1.29 is 23.8 Å². The van der Waals surface area contributed by atoms with Gasteiger partial charge in [0.1, 0.15) is 12.4 Å². The van der Waals surface area contributed by atoms with Crippen LogP contribution in [0.3, 0.4) is 0 Å². The summed E-state index contributed by atoms with van der Waals surface area (Å²) in [5.41, 5.74) is -0.654. The summed E-state index contributed by atoms with van der Waals surface area (Å²) in [6.07, 6.45) is 0.509. The number of carbonyl (C=O) groups is 2. The Morgan fingerprint density at radius 1 is 1.56 bits per heavy atom. The first-order chi connectivity index (χ1) is 8.45. The number of ether oxygens (including phenoxy) is 1. The third-order valence-corrected chi connectivity index (χ3v) is 2.17. The lowest BCUT2D eigenvalue weighted by molar-refractivity contribution is 0.0692. The van der Waals surface area contributed by atoms with Gasteiger partial charge in [-0.2, -0.15) is 0 Å². The Hall–Kier alpha value is -2.08. The van der Waals surface area contributed by atoms with Crippen LogP contribution in [0.15, 0.2) is 24.8 Å². The first-order valence-corrected chi connectivity index (χ1v) is 5.10. The number of amides is 1. The molecule has 0 spiro atoms. The lowest BCUT2D eigenvalue weighted by Crippen LogP contribution is -2.14. The molecule has 1 aromatic rings. The van der Waals surface area contributed by atoms with Crippen LogP contribution in [-0.2, 0) is 4.74 Å². The van der Waals surface area contributed by atoms with E-state index in [2.05, 4.69) is 16.6 Å². The van der Waals surface area contributed by atoms with E-state index < -0.39 is 23.4 Å². The minimum absolute atomic E-state index is 0.0147. The molecule has 5 nitrogen and oxygen atoms in total. The van der Waals surface area contributed by atoms with Crippen LogP contribution in [0.1, 0.15) is 10.4 Å². The zero-order valence-electron chi connectivity index (χ0n) is 9.07. The Balaban J connectivity index is 2.91. The van der Waals surface area contributed by atoms with E-state index in [4.69, 9.17) is 16.7 Å². The summed E-state index contributed by atoms with van der Waals surface area (Å²) < 4.78 is 17.9. The van der Waals surface area contributed by atoms with E-state index in [1.165, 1.54) is 6.08 Å². The van der Waals surface area contributed by atoms with Crippen molar-refractivity contribution in [1.82, 2.24) is 0 Å². The van der Waals surface area contributed by atoms with Gasteiger partial charge < -0.3 is 9.84 Å². The molecule has 0 aliphatic carbocycles. The number of halogens is 2. The smallest absolute Gasteiger partial charge is 0.411 e. The van der Waals surface area contributed by atoms with Crippen LogP contribution in [-0.4, -0.2) is 23.8 Å². The normalized spacial score (nSPS) is 9.67. The van der Waals surface area contributed by atoms with E-state index in [1.54, 1.807) is 0 Å². The summed E-state index contributed by atoms with van der Waals surface area (Å²) >= 11 is 5.70. The fourth-order valence-corrected chi connectivity index (χ4v) is 1.30. The molecule has 1 amide bonds. The van der Waals surface area contributed by atoms with Gasteiger partial charge in [0.05, 0.1) is 16.3 Å². The Morgan fingerprint density at radius 2 is 2.22 bits per heavy atom. The largest absolute Gasteiger partial charge is 0.478 e. The van der Waals surface area contributed by atoms with E-state index in [0.29, 0.717) is 0 Å². The van der Waals surface area contributed by atoms with E-state index in [9.17, 15) is 14.0 Å². The van der Waals surface area contributed by atoms with Gasteiger partial charge in [0.15, 0.2) is 0 Å². The summed E-state index contributed by atoms with van der Waals surface area (Å²) in [5.74, 6) is -2.46. The van der Waals surface area contributed by atoms with E-state index in [-0.39, 0.29) is 17.3 Å². The maximum atomic E-state index is 13.3. The molecule has 1 rings (SSSR count). The van der Waals surface area contributed by atoms with E-state index in [0.717, 1.165) is 12.1 Å². The van der Waals surface area contributed by atoms with Gasteiger partial charge in [0, 0.05) is 0 Å². The molecule has 0 saturated carbocycles. The minimum atomic E-state index is -1.45.